The van der Waals surface area contributed by atoms with Crippen LogP contribution in [0.2, 0.25) is 0 Å². The van der Waals surface area contributed by atoms with Crippen LogP contribution in [0.3, 0.4) is 0 Å². The van der Waals surface area contributed by atoms with Crippen molar-refractivity contribution in [1.82, 2.24) is 30.3 Å². The summed E-state index contributed by atoms with van der Waals surface area (Å²) >= 11 is 0. The summed E-state index contributed by atoms with van der Waals surface area (Å²) in [7, 11) is 3.85. The smallest absolute Gasteiger partial charge is 0.252 e. The number of anilines is 1. The molecule has 0 aliphatic carbocycles. The van der Waals surface area contributed by atoms with Gasteiger partial charge in [-0.15, -0.1) is 10.2 Å². The Balaban J connectivity index is 1.58. The Kier molecular flexibility index (Phi) is 6.55. The number of rotatable bonds is 6. The number of piperidine rings is 1. The molecule has 2 aromatic heterocycles. The van der Waals surface area contributed by atoms with E-state index in [2.05, 4.69) is 58.3 Å². The topological polar surface area (TPSA) is 99.4 Å². The summed E-state index contributed by atoms with van der Waals surface area (Å²) in [5.41, 5.74) is 2.17. The molecule has 3 heterocycles. The first-order valence-electron chi connectivity index (χ1n) is 12.0. The number of aromatic nitrogens is 4. The first-order chi connectivity index (χ1) is 16.5. The third kappa shape index (κ3) is 5.14. The van der Waals surface area contributed by atoms with Crippen LogP contribution in [-0.4, -0.2) is 54.1 Å². The van der Waals surface area contributed by atoms with Crippen molar-refractivity contribution in [3.8, 4) is 17.0 Å². The molecule has 35 heavy (non-hydrogen) atoms. The minimum Gasteiger partial charge on any atom is -0.508 e. The van der Waals surface area contributed by atoms with Crippen LogP contribution in [0.15, 0.2) is 42.6 Å². The van der Waals surface area contributed by atoms with Gasteiger partial charge in [-0.2, -0.15) is 5.10 Å². The lowest BCUT2D eigenvalue weighted by Crippen LogP contribution is -2.64. The Bertz CT molecular complexity index is 1180. The van der Waals surface area contributed by atoms with Crippen molar-refractivity contribution in [2.24, 2.45) is 7.05 Å². The molecule has 4 rings (SSSR count). The monoisotopic (exact) mass is 477 g/mol. The van der Waals surface area contributed by atoms with Crippen molar-refractivity contribution in [1.29, 1.82) is 0 Å². The zero-order valence-electron chi connectivity index (χ0n) is 21.4. The molecule has 9 nitrogen and oxygen atoms in total. The van der Waals surface area contributed by atoms with E-state index in [0.29, 0.717) is 23.4 Å². The second-order valence-corrected chi connectivity index (χ2v) is 10.5. The molecule has 0 saturated carbocycles. The van der Waals surface area contributed by atoms with E-state index < -0.39 is 0 Å². The standard InChI is InChI=1S/C26H35N7O2/c1-25(2)13-7-14-26(3,4)33(25)32(6)23-11-10-22(28-29-23)21-16-19(34)8-9-20(21)24(35)27-17-18-12-15-31(5)30-18/h8-12,15-16,34H,7,13-14,17H2,1-6H3,(H,27,35). The number of phenolic OH excluding ortho intramolecular Hbond substituents is 1. The number of hydrazine groups is 1. The van der Waals surface area contributed by atoms with Gasteiger partial charge < -0.3 is 10.4 Å². The lowest BCUT2D eigenvalue weighted by Gasteiger charge is -2.56. The fourth-order valence-corrected chi connectivity index (χ4v) is 5.31. The molecule has 0 spiro atoms. The van der Waals surface area contributed by atoms with Gasteiger partial charge in [-0.05, 0) is 83.4 Å². The Morgan fingerprint density at radius 1 is 1.09 bits per heavy atom. The fourth-order valence-electron chi connectivity index (χ4n) is 5.31. The van der Waals surface area contributed by atoms with E-state index in [1.54, 1.807) is 16.8 Å². The zero-order valence-corrected chi connectivity index (χ0v) is 21.4. The SMILES string of the molecule is CN(c1ccc(-c2cc(O)ccc2C(=O)NCc2ccn(C)n2)nn1)N1C(C)(C)CCCC1(C)C. The van der Waals surface area contributed by atoms with E-state index in [-0.39, 0.29) is 22.7 Å². The van der Waals surface area contributed by atoms with Gasteiger partial charge in [0.1, 0.15) is 5.75 Å². The largest absolute Gasteiger partial charge is 0.508 e. The third-order valence-electron chi connectivity index (χ3n) is 6.73. The van der Waals surface area contributed by atoms with E-state index in [1.165, 1.54) is 12.5 Å². The molecule has 3 aromatic rings. The van der Waals surface area contributed by atoms with Crippen molar-refractivity contribution in [2.45, 2.75) is 64.6 Å². The minimum absolute atomic E-state index is 0.0130. The van der Waals surface area contributed by atoms with E-state index in [4.69, 9.17) is 0 Å². The highest BCUT2D eigenvalue weighted by molar-refractivity contribution is 6.00. The molecule has 1 saturated heterocycles. The maximum absolute atomic E-state index is 13.0. The Hall–Kier alpha value is -3.46. The van der Waals surface area contributed by atoms with E-state index >= 15 is 0 Å². The molecule has 0 bridgehead atoms. The van der Waals surface area contributed by atoms with Gasteiger partial charge >= 0.3 is 0 Å². The molecule has 1 fully saturated rings. The molecule has 2 N–H and O–H groups in total. The summed E-state index contributed by atoms with van der Waals surface area (Å²) in [5, 5.41) is 30.7. The molecule has 0 unspecified atom stereocenters. The molecule has 1 aliphatic rings. The lowest BCUT2D eigenvalue weighted by molar-refractivity contribution is -0.0332. The molecule has 1 aliphatic heterocycles. The van der Waals surface area contributed by atoms with Crippen molar-refractivity contribution >= 4 is 11.7 Å². The number of nitrogens with zero attached hydrogens (tertiary/aromatic N) is 6. The Labute approximate surface area is 206 Å². The van der Waals surface area contributed by atoms with Crippen LogP contribution in [0.1, 0.15) is 63.0 Å². The highest BCUT2D eigenvalue weighted by Crippen LogP contribution is 2.40. The average Bonchev–Trinajstić information content (AvgIpc) is 3.21. The number of phenols is 1. The van der Waals surface area contributed by atoms with Gasteiger partial charge in [-0.25, -0.2) is 5.01 Å². The summed E-state index contributed by atoms with van der Waals surface area (Å²) in [6, 6.07) is 10.2. The predicted octanol–water partition coefficient (Wildman–Crippen LogP) is 3.91. The number of benzene rings is 1. The Morgan fingerprint density at radius 2 is 1.80 bits per heavy atom. The molecule has 1 amide bonds. The van der Waals surface area contributed by atoms with Crippen molar-refractivity contribution in [3.63, 3.8) is 0 Å². The highest BCUT2D eigenvalue weighted by Gasteiger charge is 2.44. The van der Waals surface area contributed by atoms with Crippen LogP contribution in [0.4, 0.5) is 5.82 Å². The van der Waals surface area contributed by atoms with Gasteiger partial charge in [0.2, 0.25) is 0 Å². The molecule has 0 radical (unpaired) electrons. The van der Waals surface area contributed by atoms with Gasteiger partial charge in [0.25, 0.3) is 5.91 Å². The number of carbonyl (C=O) groups is 1. The van der Waals surface area contributed by atoms with E-state index in [9.17, 15) is 9.90 Å². The lowest BCUT2D eigenvalue weighted by atomic mass is 9.81. The average molecular weight is 478 g/mol. The molecular weight excluding hydrogens is 442 g/mol. The van der Waals surface area contributed by atoms with E-state index in [1.807, 2.05) is 38.5 Å². The van der Waals surface area contributed by atoms with Gasteiger partial charge in [0, 0.05) is 42.5 Å². The predicted molar refractivity (Wildman–Crippen MR) is 136 cm³/mol. The second kappa shape index (κ2) is 9.30. The number of amides is 1. The Morgan fingerprint density at radius 3 is 2.40 bits per heavy atom. The van der Waals surface area contributed by atoms with Crippen LogP contribution < -0.4 is 10.3 Å². The van der Waals surface area contributed by atoms with Crippen LogP contribution in [0.5, 0.6) is 5.75 Å². The van der Waals surface area contributed by atoms with Crippen LogP contribution in [0, 0.1) is 0 Å². The molecule has 0 atom stereocenters. The normalized spacial score (nSPS) is 17.2. The summed E-state index contributed by atoms with van der Waals surface area (Å²) in [4.78, 5) is 13.0. The minimum atomic E-state index is -0.273. The maximum atomic E-state index is 13.0. The summed E-state index contributed by atoms with van der Waals surface area (Å²) in [6.07, 6.45) is 5.23. The van der Waals surface area contributed by atoms with Crippen molar-refractivity contribution in [2.75, 3.05) is 12.1 Å². The molecule has 1 aromatic carbocycles. The zero-order chi connectivity index (χ0) is 25.4. The summed E-state index contributed by atoms with van der Waals surface area (Å²) in [6.45, 7) is 9.34. The quantitative estimate of drug-likeness (QED) is 0.555. The number of nitrogens with one attached hydrogen (secondary N) is 1. The van der Waals surface area contributed by atoms with Crippen LogP contribution in [0.25, 0.3) is 11.3 Å². The maximum Gasteiger partial charge on any atom is 0.252 e. The summed E-state index contributed by atoms with van der Waals surface area (Å²) < 4.78 is 1.69. The number of hydrogen-bond acceptors (Lipinski definition) is 7. The van der Waals surface area contributed by atoms with Crippen LogP contribution >= 0.6 is 0 Å². The van der Waals surface area contributed by atoms with Crippen molar-refractivity contribution < 1.29 is 9.90 Å². The highest BCUT2D eigenvalue weighted by atomic mass is 16.3. The first kappa shape index (κ1) is 24.7. The van der Waals surface area contributed by atoms with E-state index in [0.717, 1.165) is 24.4 Å². The second-order valence-electron chi connectivity index (χ2n) is 10.5. The molecule has 186 valence electrons. The summed E-state index contributed by atoms with van der Waals surface area (Å²) in [5.74, 6) is 0.504. The van der Waals surface area contributed by atoms with Gasteiger partial charge in [0.15, 0.2) is 5.82 Å². The third-order valence-corrected chi connectivity index (χ3v) is 6.73. The van der Waals surface area contributed by atoms with Crippen molar-refractivity contribution in [3.05, 3.63) is 53.9 Å². The number of hydrogen-bond donors (Lipinski definition) is 2. The number of aryl methyl sites for hydroxylation is 1. The van der Waals surface area contributed by atoms with Crippen LogP contribution in [-0.2, 0) is 13.6 Å². The number of aromatic hydroxyl groups is 1. The van der Waals surface area contributed by atoms with Gasteiger partial charge in [-0.1, -0.05) is 0 Å². The molecular formula is C26H35N7O2. The first-order valence-corrected chi connectivity index (χ1v) is 12.0. The fraction of sp³-hybridized carbons (Fsp3) is 0.462. The molecule has 9 heteroatoms. The number of carbonyl (C=O) groups excluding carboxylic acids is 1. The van der Waals surface area contributed by atoms with Gasteiger partial charge in [0.05, 0.1) is 17.9 Å². The van der Waals surface area contributed by atoms with Gasteiger partial charge in [-0.3, -0.25) is 14.5 Å².